The summed E-state index contributed by atoms with van der Waals surface area (Å²) in [5, 5.41) is 3.03. The molecule has 1 aromatic carbocycles. The van der Waals surface area contributed by atoms with E-state index in [-0.39, 0.29) is 29.3 Å². The van der Waals surface area contributed by atoms with Gasteiger partial charge in [-0.05, 0) is 31.4 Å². The third-order valence-corrected chi connectivity index (χ3v) is 5.31. The first kappa shape index (κ1) is 13.9. The van der Waals surface area contributed by atoms with E-state index in [4.69, 9.17) is 10.5 Å². The average Bonchev–Trinajstić information content (AvgIpc) is 2.88. The molecule has 1 amide bonds. The van der Waals surface area contributed by atoms with Crippen LogP contribution in [0, 0.1) is 0 Å². The van der Waals surface area contributed by atoms with E-state index < -0.39 is 0 Å². The fraction of sp³-hybridized carbons (Fsp3) is 0.533. The molecule has 0 radical (unpaired) electrons. The number of hydrogen-bond acceptors (Lipinski definition) is 4. The van der Waals surface area contributed by atoms with Crippen molar-refractivity contribution < 1.29 is 9.53 Å². The summed E-state index contributed by atoms with van der Waals surface area (Å²) >= 11 is 1.64. The number of benzene rings is 1. The van der Waals surface area contributed by atoms with Crippen molar-refractivity contribution in [3.63, 3.8) is 0 Å². The van der Waals surface area contributed by atoms with Crippen molar-refractivity contribution in [1.29, 1.82) is 0 Å². The standard InChI is InChI=1S/C15H20N2O2S/c1-2-19-11-8-10(16)14(11)17-15(18)13-7-9-5-3-4-6-12(9)20-13/h3-6,10-11,13-14H,2,7-8,16H2,1H3,(H,17,18). The quantitative estimate of drug-likeness (QED) is 0.878. The van der Waals surface area contributed by atoms with Crippen LogP contribution in [0.2, 0.25) is 0 Å². The predicted molar refractivity (Wildman–Crippen MR) is 79.7 cm³/mol. The highest BCUT2D eigenvalue weighted by molar-refractivity contribution is 8.01. The van der Waals surface area contributed by atoms with Crippen LogP contribution < -0.4 is 11.1 Å². The van der Waals surface area contributed by atoms with Gasteiger partial charge in [-0.1, -0.05) is 18.2 Å². The second-order valence-corrected chi connectivity index (χ2v) is 6.59. The molecule has 4 atom stereocenters. The summed E-state index contributed by atoms with van der Waals surface area (Å²) < 4.78 is 5.58. The maximum absolute atomic E-state index is 12.4. The number of rotatable bonds is 4. The van der Waals surface area contributed by atoms with Crippen LogP contribution in [0.15, 0.2) is 29.2 Å². The van der Waals surface area contributed by atoms with Gasteiger partial charge < -0.3 is 15.8 Å². The molecule has 3 rings (SSSR count). The lowest BCUT2D eigenvalue weighted by Gasteiger charge is -2.42. The van der Waals surface area contributed by atoms with Crippen molar-refractivity contribution in [2.75, 3.05) is 6.61 Å². The van der Waals surface area contributed by atoms with Crippen molar-refractivity contribution in [3.05, 3.63) is 29.8 Å². The van der Waals surface area contributed by atoms with E-state index >= 15 is 0 Å². The number of hydrogen-bond donors (Lipinski definition) is 2. The van der Waals surface area contributed by atoms with Crippen LogP contribution in [0.25, 0.3) is 0 Å². The van der Waals surface area contributed by atoms with Gasteiger partial charge in [-0.2, -0.15) is 0 Å². The van der Waals surface area contributed by atoms with Gasteiger partial charge >= 0.3 is 0 Å². The summed E-state index contributed by atoms with van der Waals surface area (Å²) in [4.78, 5) is 13.6. The molecule has 4 unspecified atom stereocenters. The smallest absolute Gasteiger partial charge is 0.234 e. The number of carbonyl (C=O) groups is 1. The molecular formula is C15H20N2O2S. The number of nitrogens with one attached hydrogen (secondary N) is 1. The Balaban J connectivity index is 1.58. The van der Waals surface area contributed by atoms with Gasteiger partial charge in [-0.3, -0.25) is 4.79 Å². The Labute approximate surface area is 123 Å². The molecule has 1 aliphatic carbocycles. The van der Waals surface area contributed by atoms with Gasteiger partial charge in [0, 0.05) is 17.5 Å². The lowest BCUT2D eigenvalue weighted by molar-refractivity contribution is -0.125. The van der Waals surface area contributed by atoms with Gasteiger partial charge in [0.1, 0.15) is 0 Å². The fourth-order valence-electron chi connectivity index (χ4n) is 2.81. The Morgan fingerprint density at radius 3 is 3.00 bits per heavy atom. The van der Waals surface area contributed by atoms with Crippen LogP contribution in [0.5, 0.6) is 0 Å². The second-order valence-electron chi connectivity index (χ2n) is 5.35. The van der Waals surface area contributed by atoms with Crippen LogP contribution >= 0.6 is 11.8 Å². The van der Waals surface area contributed by atoms with Gasteiger partial charge in [0.15, 0.2) is 0 Å². The Morgan fingerprint density at radius 2 is 2.30 bits per heavy atom. The van der Waals surface area contributed by atoms with E-state index in [1.807, 2.05) is 19.1 Å². The number of carbonyl (C=O) groups excluding carboxylic acids is 1. The Bertz CT molecular complexity index is 481. The van der Waals surface area contributed by atoms with Crippen molar-refractivity contribution in [2.24, 2.45) is 5.73 Å². The zero-order valence-corrected chi connectivity index (χ0v) is 12.4. The van der Waals surface area contributed by atoms with Gasteiger partial charge in [0.05, 0.1) is 17.4 Å². The molecule has 1 aliphatic heterocycles. The summed E-state index contributed by atoms with van der Waals surface area (Å²) in [5.41, 5.74) is 7.23. The van der Waals surface area contributed by atoms with Crippen LogP contribution in [-0.2, 0) is 16.0 Å². The first-order valence-electron chi connectivity index (χ1n) is 7.11. The Hall–Kier alpha value is -1.04. The molecule has 1 aromatic rings. The minimum atomic E-state index is -0.0394. The molecule has 1 saturated carbocycles. The van der Waals surface area contributed by atoms with Crippen LogP contribution in [0.4, 0.5) is 0 Å². The molecule has 5 heteroatoms. The van der Waals surface area contributed by atoms with E-state index in [1.54, 1.807) is 11.8 Å². The Morgan fingerprint density at radius 1 is 1.50 bits per heavy atom. The van der Waals surface area contributed by atoms with E-state index in [0.29, 0.717) is 6.61 Å². The number of ether oxygens (including phenoxy) is 1. The largest absolute Gasteiger partial charge is 0.376 e. The molecule has 20 heavy (non-hydrogen) atoms. The fourth-order valence-corrected chi connectivity index (χ4v) is 4.02. The van der Waals surface area contributed by atoms with Crippen LogP contribution in [0.1, 0.15) is 18.9 Å². The summed E-state index contributed by atoms with van der Waals surface area (Å²) in [6.07, 6.45) is 1.71. The minimum Gasteiger partial charge on any atom is -0.376 e. The van der Waals surface area contributed by atoms with Crippen LogP contribution in [0.3, 0.4) is 0 Å². The Kier molecular flexibility index (Phi) is 4.01. The average molecular weight is 292 g/mol. The van der Waals surface area contributed by atoms with E-state index in [0.717, 1.165) is 12.8 Å². The van der Waals surface area contributed by atoms with Gasteiger partial charge in [0.2, 0.25) is 5.91 Å². The minimum absolute atomic E-state index is 0.0179. The molecule has 0 spiro atoms. The molecular weight excluding hydrogens is 272 g/mol. The van der Waals surface area contributed by atoms with Crippen molar-refractivity contribution >= 4 is 17.7 Å². The normalized spacial score (nSPS) is 31.5. The predicted octanol–water partition coefficient (Wildman–Crippen LogP) is 1.32. The number of nitrogens with two attached hydrogens (primary N) is 1. The third kappa shape index (κ3) is 2.57. The molecule has 0 aromatic heterocycles. The highest BCUT2D eigenvalue weighted by Gasteiger charge is 2.41. The van der Waals surface area contributed by atoms with Crippen molar-refractivity contribution in [3.8, 4) is 0 Å². The summed E-state index contributed by atoms with van der Waals surface area (Å²) in [7, 11) is 0. The number of amides is 1. The summed E-state index contributed by atoms with van der Waals surface area (Å²) in [5.74, 6) is 0.0797. The SMILES string of the molecule is CCOC1CC(N)C1NC(=O)C1Cc2ccccc2S1. The molecule has 1 heterocycles. The molecule has 108 valence electrons. The van der Waals surface area contributed by atoms with Crippen LogP contribution in [-0.4, -0.2) is 36.0 Å². The maximum Gasteiger partial charge on any atom is 0.234 e. The third-order valence-electron chi connectivity index (χ3n) is 4.00. The molecule has 3 N–H and O–H groups in total. The molecule has 2 aliphatic rings. The molecule has 1 fully saturated rings. The number of fused-ring (bicyclic) bond motifs is 1. The molecule has 0 bridgehead atoms. The lowest BCUT2D eigenvalue weighted by atomic mass is 9.83. The highest BCUT2D eigenvalue weighted by atomic mass is 32.2. The van der Waals surface area contributed by atoms with Gasteiger partial charge in [-0.15, -0.1) is 11.8 Å². The van der Waals surface area contributed by atoms with E-state index in [2.05, 4.69) is 17.4 Å². The molecule has 0 saturated heterocycles. The highest BCUT2D eigenvalue weighted by Crippen LogP contribution is 2.37. The van der Waals surface area contributed by atoms with Gasteiger partial charge in [-0.25, -0.2) is 0 Å². The van der Waals surface area contributed by atoms with E-state index in [9.17, 15) is 4.79 Å². The number of thioether (sulfide) groups is 1. The first-order chi connectivity index (χ1) is 9.69. The topological polar surface area (TPSA) is 64.3 Å². The van der Waals surface area contributed by atoms with E-state index in [1.165, 1.54) is 10.5 Å². The monoisotopic (exact) mass is 292 g/mol. The first-order valence-corrected chi connectivity index (χ1v) is 7.99. The molecule has 4 nitrogen and oxygen atoms in total. The van der Waals surface area contributed by atoms with Crippen molar-refractivity contribution in [1.82, 2.24) is 5.32 Å². The lowest BCUT2D eigenvalue weighted by Crippen LogP contribution is -2.65. The summed E-state index contributed by atoms with van der Waals surface area (Å²) in [6, 6.07) is 8.18. The zero-order chi connectivity index (χ0) is 14.1. The zero-order valence-electron chi connectivity index (χ0n) is 11.5. The van der Waals surface area contributed by atoms with Crippen molar-refractivity contribution in [2.45, 2.75) is 48.1 Å². The van der Waals surface area contributed by atoms with Gasteiger partial charge in [0.25, 0.3) is 0 Å². The summed E-state index contributed by atoms with van der Waals surface area (Å²) in [6.45, 7) is 2.62. The second kappa shape index (κ2) is 5.76. The maximum atomic E-state index is 12.4.